The molecule has 1 aromatic heterocycles. The van der Waals surface area contributed by atoms with Crippen LogP contribution in [-0.2, 0) is 0 Å². The van der Waals surface area contributed by atoms with Crippen LogP contribution in [0.25, 0.3) is 5.70 Å². The number of hydrogen-bond acceptors (Lipinski definition) is 3. The smallest absolute Gasteiger partial charge is 0.0989 e. The summed E-state index contributed by atoms with van der Waals surface area (Å²) in [6.07, 6.45) is 18.3. The summed E-state index contributed by atoms with van der Waals surface area (Å²) in [6.45, 7) is 5.06. The van der Waals surface area contributed by atoms with Crippen molar-refractivity contribution in [2.75, 3.05) is 0 Å². The van der Waals surface area contributed by atoms with Gasteiger partial charge in [0.2, 0.25) is 0 Å². The van der Waals surface area contributed by atoms with Crippen LogP contribution < -0.4 is 0 Å². The van der Waals surface area contributed by atoms with Crippen molar-refractivity contribution in [3.63, 3.8) is 0 Å². The predicted molar refractivity (Wildman–Crippen MR) is 103 cm³/mol. The third-order valence-electron chi connectivity index (χ3n) is 9.11. The van der Waals surface area contributed by atoms with Crippen LogP contribution in [0, 0.1) is 39.4 Å². The average molecular weight is 354 g/mol. The summed E-state index contributed by atoms with van der Waals surface area (Å²) in [5.74, 6) is 3.17. The fraction of sp³-hybridized carbons (Fsp3) is 0.773. The molecule has 1 aromatic rings. The lowest BCUT2D eigenvalue weighted by Crippen LogP contribution is -2.53. The van der Waals surface area contributed by atoms with Crippen molar-refractivity contribution in [2.45, 2.75) is 71.3 Å². The molecular formula is C22H31N3O. The van der Waals surface area contributed by atoms with Gasteiger partial charge in [0.05, 0.1) is 12.4 Å². The molecule has 4 aliphatic rings. The molecule has 1 unspecified atom stereocenters. The van der Waals surface area contributed by atoms with Crippen molar-refractivity contribution < 1.29 is 0 Å². The first kappa shape index (κ1) is 16.7. The minimum atomic E-state index is 0.0828. The van der Waals surface area contributed by atoms with Gasteiger partial charge in [0, 0.05) is 23.5 Å². The summed E-state index contributed by atoms with van der Waals surface area (Å²) < 4.78 is 2.26. The van der Waals surface area contributed by atoms with Crippen LogP contribution in [-0.4, -0.2) is 15.6 Å². The fourth-order valence-electron chi connectivity index (χ4n) is 7.68. The summed E-state index contributed by atoms with van der Waals surface area (Å²) in [6, 6.07) is 0.0828. The first-order valence-corrected chi connectivity index (χ1v) is 10.6. The van der Waals surface area contributed by atoms with Crippen LogP contribution in [0.15, 0.2) is 30.0 Å². The molecule has 0 spiro atoms. The van der Waals surface area contributed by atoms with E-state index in [0.29, 0.717) is 16.7 Å². The predicted octanol–water partition coefficient (Wildman–Crippen LogP) is 5.51. The van der Waals surface area contributed by atoms with Gasteiger partial charge in [0.1, 0.15) is 0 Å². The second kappa shape index (κ2) is 5.77. The first-order valence-electron chi connectivity index (χ1n) is 10.6. The van der Waals surface area contributed by atoms with E-state index in [4.69, 9.17) is 0 Å². The highest BCUT2D eigenvalue weighted by Crippen LogP contribution is 2.66. The molecule has 3 fully saturated rings. The van der Waals surface area contributed by atoms with Gasteiger partial charge in [-0.1, -0.05) is 25.1 Å². The fourth-order valence-corrected chi connectivity index (χ4v) is 7.68. The Morgan fingerprint density at radius 1 is 1.15 bits per heavy atom. The molecule has 0 aromatic carbocycles. The van der Waals surface area contributed by atoms with Gasteiger partial charge < -0.3 is 4.57 Å². The average Bonchev–Trinajstić information content (AvgIpc) is 3.27. The Hall–Kier alpha value is -1.45. The van der Waals surface area contributed by atoms with Gasteiger partial charge in [-0.05, 0) is 80.5 Å². The Morgan fingerprint density at radius 3 is 2.81 bits per heavy atom. The monoisotopic (exact) mass is 353 g/mol. The normalized spacial score (nSPS) is 47.5. The molecule has 0 bridgehead atoms. The van der Waals surface area contributed by atoms with E-state index in [9.17, 15) is 4.91 Å². The summed E-state index contributed by atoms with van der Waals surface area (Å²) in [5.41, 5.74) is 2.22. The summed E-state index contributed by atoms with van der Waals surface area (Å²) >= 11 is 0. The van der Waals surface area contributed by atoms with Crippen molar-refractivity contribution in [3.8, 4) is 0 Å². The Morgan fingerprint density at radius 2 is 2.04 bits per heavy atom. The standard InChI is InChI=1S/C22H31N3O/c1-21-9-7-16(24-26)13-15(21)3-4-17-18-5-6-20(25-12-11-23-14-25)22(18,2)10-8-19(17)21/h6,11-12,14-19H,3-5,7-10,13H2,1-2H3/t15-,16?,17-,18-,19-,21-,22-/m0/s1. The topological polar surface area (TPSA) is 47.2 Å². The second-order valence-electron chi connectivity index (χ2n) is 9.94. The minimum absolute atomic E-state index is 0.0828. The van der Waals surface area contributed by atoms with Gasteiger partial charge in [-0.3, -0.25) is 0 Å². The lowest BCUT2D eigenvalue weighted by molar-refractivity contribution is -0.0986. The lowest BCUT2D eigenvalue weighted by Gasteiger charge is -2.60. The molecule has 0 N–H and O–H groups in total. The number of nitrogens with zero attached hydrogens (tertiary/aromatic N) is 3. The molecule has 0 saturated heterocycles. The van der Waals surface area contributed by atoms with Crippen LogP contribution in [0.5, 0.6) is 0 Å². The molecular weight excluding hydrogens is 322 g/mol. The maximum Gasteiger partial charge on any atom is 0.0989 e. The number of nitroso groups, excluding NO2 is 1. The van der Waals surface area contributed by atoms with Gasteiger partial charge in [-0.15, -0.1) is 0 Å². The van der Waals surface area contributed by atoms with Crippen LogP contribution >= 0.6 is 0 Å². The maximum absolute atomic E-state index is 11.1. The number of hydrogen-bond donors (Lipinski definition) is 0. The van der Waals surface area contributed by atoms with E-state index in [-0.39, 0.29) is 6.04 Å². The van der Waals surface area contributed by atoms with E-state index >= 15 is 0 Å². The second-order valence-corrected chi connectivity index (χ2v) is 9.94. The number of aromatic nitrogens is 2. The van der Waals surface area contributed by atoms with Gasteiger partial charge >= 0.3 is 0 Å². The molecule has 4 heteroatoms. The highest BCUT2D eigenvalue weighted by atomic mass is 16.3. The van der Waals surface area contributed by atoms with Gasteiger partial charge in [-0.2, -0.15) is 4.91 Å². The highest BCUT2D eigenvalue weighted by molar-refractivity contribution is 5.56. The van der Waals surface area contributed by atoms with Crippen molar-refractivity contribution in [3.05, 3.63) is 29.7 Å². The molecule has 1 heterocycles. The first-order chi connectivity index (χ1) is 12.6. The summed E-state index contributed by atoms with van der Waals surface area (Å²) in [4.78, 5) is 15.4. The lowest BCUT2D eigenvalue weighted by atomic mass is 9.45. The molecule has 5 rings (SSSR count). The Bertz CT molecular complexity index is 726. The third-order valence-corrected chi connectivity index (χ3v) is 9.11. The number of fused-ring (bicyclic) bond motifs is 5. The maximum atomic E-state index is 11.1. The summed E-state index contributed by atoms with van der Waals surface area (Å²) in [5, 5.41) is 3.41. The Kier molecular flexibility index (Phi) is 3.71. The molecule has 0 aliphatic heterocycles. The zero-order valence-corrected chi connectivity index (χ0v) is 16.1. The van der Waals surface area contributed by atoms with E-state index < -0.39 is 0 Å². The zero-order valence-electron chi connectivity index (χ0n) is 16.1. The Labute approximate surface area is 156 Å². The van der Waals surface area contributed by atoms with Crippen LogP contribution in [0.1, 0.15) is 65.2 Å². The van der Waals surface area contributed by atoms with Crippen molar-refractivity contribution in [1.82, 2.24) is 9.55 Å². The van der Waals surface area contributed by atoms with Crippen molar-refractivity contribution >= 4 is 5.70 Å². The largest absolute Gasteiger partial charge is 0.310 e. The van der Waals surface area contributed by atoms with E-state index in [2.05, 4.69) is 40.8 Å². The van der Waals surface area contributed by atoms with Crippen molar-refractivity contribution in [2.24, 2.45) is 39.7 Å². The van der Waals surface area contributed by atoms with Crippen LogP contribution in [0.2, 0.25) is 0 Å². The van der Waals surface area contributed by atoms with Gasteiger partial charge in [0.15, 0.2) is 0 Å². The molecule has 26 heavy (non-hydrogen) atoms. The zero-order chi connectivity index (χ0) is 17.9. The van der Waals surface area contributed by atoms with Crippen LogP contribution in [0.4, 0.5) is 0 Å². The molecule has 0 amide bonds. The number of imidazole rings is 1. The molecule has 140 valence electrons. The minimum Gasteiger partial charge on any atom is -0.310 e. The molecule has 7 atom stereocenters. The number of rotatable bonds is 2. The molecule has 4 nitrogen and oxygen atoms in total. The quantitative estimate of drug-likeness (QED) is 0.658. The van der Waals surface area contributed by atoms with Crippen LogP contribution in [0.3, 0.4) is 0 Å². The Balaban J connectivity index is 1.43. The molecule has 3 saturated carbocycles. The third kappa shape index (κ3) is 2.16. The van der Waals surface area contributed by atoms with Crippen molar-refractivity contribution in [1.29, 1.82) is 0 Å². The van der Waals surface area contributed by atoms with E-state index in [1.807, 2.05) is 12.5 Å². The highest BCUT2D eigenvalue weighted by Gasteiger charge is 2.58. The molecule has 0 radical (unpaired) electrons. The molecule has 4 aliphatic carbocycles. The van der Waals surface area contributed by atoms with Gasteiger partial charge in [-0.25, -0.2) is 4.98 Å². The summed E-state index contributed by atoms with van der Waals surface area (Å²) in [7, 11) is 0. The van der Waals surface area contributed by atoms with E-state index in [1.165, 1.54) is 44.2 Å². The number of allylic oxidation sites excluding steroid dienone is 2. The SMILES string of the molecule is C[C@]12CCC(N=O)C[C@@H]1CC[C@@H]1[C@@H]2CC[C@]2(C)C(n3ccnc3)=CC[C@@H]12. The van der Waals surface area contributed by atoms with E-state index in [1.54, 1.807) is 0 Å². The van der Waals surface area contributed by atoms with Gasteiger partial charge in [0.25, 0.3) is 0 Å². The van der Waals surface area contributed by atoms with E-state index in [0.717, 1.165) is 30.6 Å².